The SMILES string of the molecule is O=C1OC(c2ccccc2)=N/C1=C\c1cnc(N2CCOCC2)nc1. The predicted octanol–water partition coefficient (Wildman–Crippen LogP) is 1.66. The zero-order valence-corrected chi connectivity index (χ0v) is 13.5. The fourth-order valence-electron chi connectivity index (χ4n) is 2.60. The van der Waals surface area contributed by atoms with Crippen LogP contribution in [0.15, 0.2) is 53.4 Å². The summed E-state index contributed by atoms with van der Waals surface area (Å²) in [5, 5.41) is 0. The maximum atomic E-state index is 12.0. The first-order valence-electron chi connectivity index (χ1n) is 8.02. The summed E-state index contributed by atoms with van der Waals surface area (Å²) in [7, 11) is 0. The van der Waals surface area contributed by atoms with E-state index in [9.17, 15) is 4.79 Å². The number of carbonyl (C=O) groups is 1. The molecule has 7 nitrogen and oxygen atoms in total. The van der Waals surface area contributed by atoms with Gasteiger partial charge in [-0.25, -0.2) is 19.8 Å². The molecule has 2 aliphatic heterocycles. The topological polar surface area (TPSA) is 76.9 Å². The van der Waals surface area contributed by atoms with Crippen LogP contribution in [0, 0.1) is 0 Å². The van der Waals surface area contributed by atoms with E-state index in [1.54, 1.807) is 18.5 Å². The molecule has 0 radical (unpaired) electrons. The Morgan fingerprint density at radius 1 is 1.04 bits per heavy atom. The minimum absolute atomic E-state index is 0.238. The fraction of sp³-hybridized carbons (Fsp3) is 0.222. The minimum Gasteiger partial charge on any atom is -0.402 e. The van der Waals surface area contributed by atoms with Crippen molar-refractivity contribution in [3.05, 3.63) is 59.5 Å². The van der Waals surface area contributed by atoms with Crippen LogP contribution in [-0.4, -0.2) is 48.1 Å². The quantitative estimate of drug-likeness (QED) is 0.627. The van der Waals surface area contributed by atoms with Crippen molar-refractivity contribution in [3.8, 4) is 0 Å². The van der Waals surface area contributed by atoms with Crippen LogP contribution in [0.5, 0.6) is 0 Å². The second-order valence-corrected chi connectivity index (χ2v) is 5.62. The van der Waals surface area contributed by atoms with E-state index in [-0.39, 0.29) is 5.70 Å². The van der Waals surface area contributed by atoms with Crippen molar-refractivity contribution in [2.24, 2.45) is 4.99 Å². The van der Waals surface area contributed by atoms with Crippen LogP contribution >= 0.6 is 0 Å². The second kappa shape index (κ2) is 6.82. The number of rotatable bonds is 3. The maximum absolute atomic E-state index is 12.0. The summed E-state index contributed by atoms with van der Waals surface area (Å²) in [6, 6.07) is 9.31. The molecular formula is C18H16N4O3. The van der Waals surface area contributed by atoms with Gasteiger partial charge in [0.1, 0.15) is 0 Å². The molecule has 0 bridgehead atoms. The highest BCUT2D eigenvalue weighted by molar-refractivity contribution is 6.12. The summed E-state index contributed by atoms with van der Waals surface area (Å²) < 4.78 is 10.6. The van der Waals surface area contributed by atoms with Crippen molar-refractivity contribution in [2.75, 3.05) is 31.2 Å². The summed E-state index contributed by atoms with van der Waals surface area (Å²) in [4.78, 5) is 27.1. The molecule has 1 aromatic carbocycles. The molecule has 7 heteroatoms. The molecule has 0 N–H and O–H groups in total. The van der Waals surface area contributed by atoms with Crippen LogP contribution < -0.4 is 4.90 Å². The van der Waals surface area contributed by atoms with Gasteiger partial charge in [0.05, 0.1) is 13.2 Å². The number of anilines is 1. The molecule has 2 aliphatic rings. The lowest BCUT2D eigenvalue weighted by Crippen LogP contribution is -2.37. The van der Waals surface area contributed by atoms with Crippen molar-refractivity contribution < 1.29 is 14.3 Å². The predicted molar refractivity (Wildman–Crippen MR) is 92.1 cm³/mol. The highest BCUT2D eigenvalue weighted by Crippen LogP contribution is 2.19. The molecule has 2 aromatic rings. The molecule has 0 atom stereocenters. The van der Waals surface area contributed by atoms with Gasteiger partial charge in [0.25, 0.3) is 0 Å². The number of hydrogen-bond acceptors (Lipinski definition) is 7. The third-order valence-electron chi connectivity index (χ3n) is 3.90. The molecule has 1 fully saturated rings. The molecule has 126 valence electrons. The maximum Gasteiger partial charge on any atom is 0.363 e. The standard InChI is InChI=1S/C18H16N4O3/c23-17-15(21-16(25-17)14-4-2-1-3-5-14)10-13-11-19-18(20-12-13)22-6-8-24-9-7-22/h1-5,10-12H,6-9H2/b15-10-. The number of nitrogens with zero attached hydrogens (tertiary/aromatic N) is 4. The number of hydrogen-bond donors (Lipinski definition) is 0. The molecule has 0 spiro atoms. The average Bonchev–Trinajstić information content (AvgIpc) is 3.04. The molecule has 0 unspecified atom stereocenters. The Morgan fingerprint density at radius 2 is 1.76 bits per heavy atom. The van der Waals surface area contributed by atoms with Gasteiger partial charge in [-0.05, 0) is 18.2 Å². The molecule has 1 saturated heterocycles. The van der Waals surface area contributed by atoms with Crippen LogP contribution in [0.1, 0.15) is 11.1 Å². The van der Waals surface area contributed by atoms with E-state index in [1.165, 1.54) is 0 Å². The van der Waals surface area contributed by atoms with E-state index < -0.39 is 5.97 Å². The molecule has 0 saturated carbocycles. The van der Waals surface area contributed by atoms with Crippen molar-refractivity contribution in [1.29, 1.82) is 0 Å². The van der Waals surface area contributed by atoms with Gasteiger partial charge in [0.15, 0.2) is 5.70 Å². The lowest BCUT2D eigenvalue weighted by Gasteiger charge is -2.26. The summed E-state index contributed by atoms with van der Waals surface area (Å²) >= 11 is 0. The zero-order valence-electron chi connectivity index (χ0n) is 13.5. The molecule has 3 heterocycles. The highest BCUT2D eigenvalue weighted by atomic mass is 16.6. The number of aromatic nitrogens is 2. The molecule has 25 heavy (non-hydrogen) atoms. The molecule has 4 rings (SSSR count). The number of aliphatic imine (C=N–C) groups is 1. The van der Waals surface area contributed by atoms with Gasteiger partial charge in [0, 0.05) is 36.6 Å². The highest BCUT2D eigenvalue weighted by Gasteiger charge is 2.24. The average molecular weight is 336 g/mol. The van der Waals surface area contributed by atoms with E-state index >= 15 is 0 Å². The molecule has 0 aliphatic carbocycles. The van der Waals surface area contributed by atoms with E-state index in [4.69, 9.17) is 9.47 Å². The number of carbonyl (C=O) groups excluding carboxylic acids is 1. The van der Waals surface area contributed by atoms with Crippen LogP contribution in [0.2, 0.25) is 0 Å². The van der Waals surface area contributed by atoms with Gasteiger partial charge in [-0.1, -0.05) is 18.2 Å². The van der Waals surface area contributed by atoms with Crippen molar-refractivity contribution in [3.63, 3.8) is 0 Å². The normalized spacial score (nSPS) is 19.0. The van der Waals surface area contributed by atoms with Crippen LogP contribution in [0.25, 0.3) is 6.08 Å². The van der Waals surface area contributed by atoms with Gasteiger partial charge in [-0.3, -0.25) is 0 Å². The fourth-order valence-corrected chi connectivity index (χ4v) is 2.60. The molecule has 1 aromatic heterocycles. The Morgan fingerprint density at radius 3 is 2.48 bits per heavy atom. The first-order valence-corrected chi connectivity index (χ1v) is 8.02. The van der Waals surface area contributed by atoms with Crippen LogP contribution in [0.3, 0.4) is 0 Å². The van der Waals surface area contributed by atoms with Gasteiger partial charge in [-0.2, -0.15) is 0 Å². The largest absolute Gasteiger partial charge is 0.402 e. The Labute approximate surface area is 144 Å². The van der Waals surface area contributed by atoms with Gasteiger partial charge >= 0.3 is 5.97 Å². The van der Waals surface area contributed by atoms with E-state index in [0.717, 1.165) is 18.7 Å². The zero-order chi connectivity index (χ0) is 17.1. The van der Waals surface area contributed by atoms with Gasteiger partial charge in [0.2, 0.25) is 11.8 Å². The van der Waals surface area contributed by atoms with Gasteiger partial charge < -0.3 is 14.4 Å². The lowest BCUT2D eigenvalue weighted by molar-refractivity contribution is -0.129. The van der Waals surface area contributed by atoms with Crippen molar-refractivity contribution in [1.82, 2.24) is 9.97 Å². The summed E-state index contributed by atoms with van der Waals surface area (Å²) in [6.45, 7) is 2.91. The smallest absolute Gasteiger partial charge is 0.363 e. The Hall–Kier alpha value is -3.06. The number of cyclic esters (lactones) is 1. The lowest BCUT2D eigenvalue weighted by atomic mass is 10.2. The summed E-state index contributed by atoms with van der Waals surface area (Å²) in [5.41, 5.74) is 1.70. The monoisotopic (exact) mass is 336 g/mol. The van der Waals surface area contributed by atoms with E-state index in [1.807, 2.05) is 30.3 Å². The number of benzene rings is 1. The molecule has 0 amide bonds. The van der Waals surface area contributed by atoms with Crippen molar-refractivity contribution in [2.45, 2.75) is 0 Å². The first kappa shape index (κ1) is 15.5. The number of morpholine rings is 1. The third-order valence-corrected chi connectivity index (χ3v) is 3.90. The second-order valence-electron chi connectivity index (χ2n) is 5.62. The van der Waals surface area contributed by atoms with Crippen molar-refractivity contribution >= 4 is 23.9 Å². The number of ether oxygens (including phenoxy) is 2. The third kappa shape index (κ3) is 3.41. The van der Waals surface area contributed by atoms with Crippen LogP contribution in [0.4, 0.5) is 5.95 Å². The Balaban J connectivity index is 1.54. The van der Waals surface area contributed by atoms with Crippen LogP contribution in [-0.2, 0) is 14.3 Å². The van der Waals surface area contributed by atoms with E-state index in [2.05, 4.69) is 19.9 Å². The Bertz CT molecular complexity index is 825. The summed E-state index contributed by atoms with van der Waals surface area (Å²) in [6.07, 6.45) is 4.98. The molecular weight excluding hydrogens is 320 g/mol. The minimum atomic E-state index is -0.476. The van der Waals surface area contributed by atoms with E-state index in [0.29, 0.717) is 30.6 Å². The first-order chi connectivity index (χ1) is 12.3. The summed E-state index contributed by atoms with van der Waals surface area (Å²) in [5.74, 6) is 0.492. The Kier molecular flexibility index (Phi) is 4.22. The van der Waals surface area contributed by atoms with Gasteiger partial charge in [-0.15, -0.1) is 0 Å². The number of esters is 1.